The molecule has 3 N–H and O–H groups in total. The van der Waals surface area contributed by atoms with Crippen molar-refractivity contribution in [3.8, 4) is 11.1 Å². The molecule has 0 unspecified atom stereocenters. The third-order valence-electron chi connectivity index (χ3n) is 3.97. The maximum Gasteiger partial charge on any atom is 0.305 e. The molecule has 122 valence electrons. The first kappa shape index (κ1) is 17.1. The van der Waals surface area contributed by atoms with Crippen molar-refractivity contribution in [3.63, 3.8) is 0 Å². The number of benzene rings is 2. The second-order valence-electron chi connectivity index (χ2n) is 5.76. The van der Waals surface area contributed by atoms with Crippen LogP contribution < -0.4 is 5.73 Å². The van der Waals surface area contributed by atoms with Crippen LogP contribution in [0.1, 0.15) is 34.7 Å². The summed E-state index contributed by atoms with van der Waals surface area (Å²) in [5.74, 6) is -1.96. The molecule has 2 aromatic rings. The highest BCUT2D eigenvalue weighted by molar-refractivity contribution is 5.73. The molecule has 0 bridgehead atoms. The van der Waals surface area contributed by atoms with Crippen molar-refractivity contribution < 1.29 is 18.7 Å². The molecule has 1 atom stereocenters. The zero-order valence-corrected chi connectivity index (χ0v) is 13.3. The van der Waals surface area contributed by atoms with Gasteiger partial charge < -0.3 is 10.8 Å². The van der Waals surface area contributed by atoms with E-state index in [1.165, 1.54) is 12.1 Å². The molecule has 0 saturated carbocycles. The van der Waals surface area contributed by atoms with Crippen LogP contribution in [0.2, 0.25) is 0 Å². The van der Waals surface area contributed by atoms with Crippen molar-refractivity contribution >= 4 is 5.97 Å². The van der Waals surface area contributed by atoms with E-state index in [0.717, 1.165) is 5.56 Å². The SMILES string of the molecule is Cc1cc(-c2c(C)ccc(F)c2C)cc([C@@H](N)CC(=O)O)c1F. The van der Waals surface area contributed by atoms with Crippen LogP contribution in [0.15, 0.2) is 24.3 Å². The smallest absolute Gasteiger partial charge is 0.305 e. The van der Waals surface area contributed by atoms with Crippen LogP contribution in [-0.4, -0.2) is 11.1 Å². The Kier molecular flexibility index (Phi) is 4.80. The Hall–Kier alpha value is -2.27. The number of halogens is 2. The number of hydrogen-bond donors (Lipinski definition) is 2. The molecule has 0 aliphatic heterocycles. The number of hydrogen-bond acceptors (Lipinski definition) is 2. The molecule has 2 rings (SSSR count). The van der Waals surface area contributed by atoms with E-state index in [0.29, 0.717) is 22.3 Å². The third kappa shape index (κ3) is 3.40. The van der Waals surface area contributed by atoms with Gasteiger partial charge in [-0.2, -0.15) is 0 Å². The fraction of sp³-hybridized carbons (Fsp3) is 0.278. The lowest BCUT2D eigenvalue weighted by atomic mass is 9.90. The van der Waals surface area contributed by atoms with Crippen molar-refractivity contribution in [2.45, 2.75) is 33.2 Å². The molecule has 0 saturated heterocycles. The van der Waals surface area contributed by atoms with Gasteiger partial charge in [0.15, 0.2) is 0 Å². The highest BCUT2D eigenvalue weighted by Crippen LogP contribution is 2.33. The van der Waals surface area contributed by atoms with Crippen molar-refractivity contribution in [2.75, 3.05) is 0 Å². The summed E-state index contributed by atoms with van der Waals surface area (Å²) in [7, 11) is 0. The molecule has 2 aromatic carbocycles. The summed E-state index contributed by atoms with van der Waals surface area (Å²) in [5, 5.41) is 8.86. The number of nitrogens with two attached hydrogens (primary N) is 1. The molecule has 0 heterocycles. The van der Waals surface area contributed by atoms with Gasteiger partial charge in [-0.15, -0.1) is 0 Å². The average molecular weight is 319 g/mol. The van der Waals surface area contributed by atoms with Gasteiger partial charge in [-0.3, -0.25) is 4.79 Å². The highest BCUT2D eigenvalue weighted by atomic mass is 19.1. The quantitative estimate of drug-likeness (QED) is 0.894. The van der Waals surface area contributed by atoms with Crippen LogP contribution in [0.3, 0.4) is 0 Å². The lowest BCUT2D eigenvalue weighted by Gasteiger charge is -2.17. The fourth-order valence-corrected chi connectivity index (χ4v) is 2.77. The molecule has 0 aliphatic rings. The molecule has 23 heavy (non-hydrogen) atoms. The zero-order chi connectivity index (χ0) is 17.3. The molecule has 5 heteroatoms. The summed E-state index contributed by atoms with van der Waals surface area (Å²) < 4.78 is 28.2. The summed E-state index contributed by atoms with van der Waals surface area (Å²) >= 11 is 0. The van der Waals surface area contributed by atoms with Gasteiger partial charge in [0.05, 0.1) is 6.42 Å². The normalized spacial score (nSPS) is 12.3. The van der Waals surface area contributed by atoms with E-state index in [2.05, 4.69) is 0 Å². The van der Waals surface area contributed by atoms with Gasteiger partial charge >= 0.3 is 5.97 Å². The van der Waals surface area contributed by atoms with Gasteiger partial charge in [0.25, 0.3) is 0 Å². The van der Waals surface area contributed by atoms with Crippen LogP contribution in [0.25, 0.3) is 11.1 Å². The van der Waals surface area contributed by atoms with Gasteiger partial charge in [0, 0.05) is 11.6 Å². The molecular formula is C18H19F2NO2. The topological polar surface area (TPSA) is 63.3 Å². The molecule has 0 aliphatic carbocycles. The number of carboxylic acid groups (broad SMARTS) is 1. The van der Waals surface area contributed by atoms with Gasteiger partial charge in [-0.1, -0.05) is 6.07 Å². The first-order valence-corrected chi connectivity index (χ1v) is 7.25. The summed E-state index contributed by atoms with van der Waals surface area (Å²) in [5.41, 5.74) is 8.93. The van der Waals surface area contributed by atoms with Crippen molar-refractivity contribution in [3.05, 3.63) is 58.2 Å². The first-order chi connectivity index (χ1) is 10.7. The minimum Gasteiger partial charge on any atom is -0.481 e. The van der Waals surface area contributed by atoms with Crippen molar-refractivity contribution in [1.82, 2.24) is 0 Å². The fourth-order valence-electron chi connectivity index (χ4n) is 2.77. The van der Waals surface area contributed by atoms with E-state index in [1.54, 1.807) is 26.0 Å². The minimum atomic E-state index is -1.10. The largest absolute Gasteiger partial charge is 0.481 e. The average Bonchev–Trinajstić information content (AvgIpc) is 2.46. The lowest BCUT2D eigenvalue weighted by molar-refractivity contribution is -0.137. The molecule has 0 aromatic heterocycles. The molecule has 0 spiro atoms. The Morgan fingerprint density at radius 3 is 2.43 bits per heavy atom. The standard InChI is InChI=1S/C18H19F2NO2/c1-9-4-5-14(19)11(3)17(9)12-6-10(2)18(20)13(7-12)15(21)8-16(22)23/h4-7,15H,8,21H2,1-3H3,(H,22,23)/t15-/m0/s1. The van der Waals surface area contributed by atoms with E-state index in [4.69, 9.17) is 10.8 Å². The first-order valence-electron chi connectivity index (χ1n) is 7.25. The number of carboxylic acids is 1. The van der Waals surface area contributed by atoms with E-state index in [1.807, 2.05) is 6.92 Å². The lowest BCUT2D eigenvalue weighted by Crippen LogP contribution is -2.17. The second-order valence-corrected chi connectivity index (χ2v) is 5.76. The third-order valence-corrected chi connectivity index (χ3v) is 3.97. The van der Waals surface area contributed by atoms with Crippen molar-refractivity contribution in [1.29, 1.82) is 0 Å². The number of aliphatic carboxylic acids is 1. The van der Waals surface area contributed by atoms with E-state index >= 15 is 0 Å². The van der Waals surface area contributed by atoms with E-state index in [9.17, 15) is 13.6 Å². The molecular weight excluding hydrogens is 300 g/mol. The Morgan fingerprint density at radius 2 is 1.83 bits per heavy atom. The Balaban J connectivity index is 2.64. The summed E-state index contributed by atoms with van der Waals surface area (Å²) in [4.78, 5) is 10.8. The number of aryl methyl sites for hydroxylation is 2. The van der Waals surface area contributed by atoms with Crippen LogP contribution >= 0.6 is 0 Å². The number of carbonyl (C=O) groups is 1. The summed E-state index contributed by atoms with van der Waals surface area (Å²) in [6.45, 7) is 5.09. The monoisotopic (exact) mass is 319 g/mol. The van der Waals surface area contributed by atoms with Gasteiger partial charge in [0.2, 0.25) is 0 Å². The minimum absolute atomic E-state index is 0.130. The Morgan fingerprint density at radius 1 is 1.17 bits per heavy atom. The molecule has 0 amide bonds. The Bertz CT molecular complexity index is 772. The second kappa shape index (κ2) is 6.46. The summed E-state index contributed by atoms with van der Waals surface area (Å²) in [6, 6.07) is 5.24. The predicted octanol–water partition coefficient (Wildman–Crippen LogP) is 4.03. The van der Waals surface area contributed by atoms with E-state index in [-0.39, 0.29) is 17.8 Å². The van der Waals surface area contributed by atoms with Crippen LogP contribution in [0.4, 0.5) is 8.78 Å². The molecule has 3 nitrogen and oxygen atoms in total. The maximum absolute atomic E-state index is 14.3. The van der Waals surface area contributed by atoms with Crippen LogP contribution in [0, 0.1) is 32.4 Å². The van der Waals surface area contributed by atoms with Gasteiger partial charge in [-0.05, 0) is 66.8 Å². The van der Waals surface area contributed by atoms with Gasteiger partial charge in [-0.25, -0.2) is 8.78 Å². The molecule has 0 radical (unpaired) electrons. The Labute approximate surface area is 133 Å². The van der Waals surface area contributed by atoms with Crippen molar-refractivity contribution in [2.24, 2.45) is 5.73 Å². The predicted molar refractivity (Wildman–Crippen MR) is 85.2 cm³/mol. The van der Waals surface area contributed by atoms with Gasteiger partial charge in [0.1, 0.15) is 11.6 Å². The van der Waals surface area contributed by atoms with E-state index < -0.39 is 17.8 Å². The molecule has 0 fully saturated rings. The number of rotatable bonds is 4. The zero-order valence-electron chi connectivity index (χ0n) is 13.3. The van der Waals surface area contributed by atoms with Crippen LogP contribution in [0.5, 0.6) is 0 Å². The van der Waals surface area contributed by atoms with Crippen LogP contribution in [-0.2, 0) is 4.79 Å². The highest BCUT2D eigenvalue weighted by Gasteiger charge is 2.19. The summed E-state index contributed by atoms with van der Waals surface area (Å²) in [6.07, 6.45) is -0.374. The maximum atomic E-state index is 14.3.